The van der Waals surface area contributed by atoms with Gasteiger partial charge < -0.3 is 15.8 Å². The second-order valence-electron chi connectivity index (χ2n) is 5.77. The van der Waals surface area contributed by atoms with E-state index in [9.17, 15) is 4.79 Å². The van der Waals surface area contributed by atoms with E-state index in [1.165, 1.54) is 0 Å². The Balaban J connectivity index is 1.86. The van der Waals surface area contributed by atoms with Crippen molar-refractivity contribution in [3.05, 3.63) is 59.7 Å². The summed E-state index contributed by atoms with van der Waals surface area (Å²) in [6, 6.07) is 15.5. The third-order valence-corrected chi connectivity index (χ3v) is 3.93. The zero-order valence-corrected chi connectivity index (χ0v) is 12.5. The van der Waals surface area contributed by atoms with Gasteiger partial charge in [0, 0.05) is 11.1 Å². The number of hydrogen-bond acceptors (Lipinski definition) is 4. The number of amides is 1. The molecule has 0 spiro atoms. The van der Waals surface area contributed by atoms with Crippen LogP contribution in [0.3, 0.4) is 0 Å². The molecule has 1 atom stereocenters. The summed E-state index contributed by atoms with van der Waals surface area (Å²) in [4.78, 5) is 16.6. The molecule has 0 aromatic heterocycles. The molecule has 2 aliphatic rings. The predicted molar refractivity (Wildman–Crippen MR) is 88.8 cm³/mol. The average molecular weight is 307 g/mol. The quantitative estimate of drug-likeness (QED) is 0.913. The Morgan fingerprint density at radius 3 is 2.61 bits per heavy atom. The monoisotopic (exact) mass is 307 g/mol. The molecule has 1 heterocycles. The molecule has 0 bridgehead atoms. The van der Waals surface area contributed by atoms with Crippen molar-refractivity contribution < 1.29 is 9.53 Å². The molecule has 1 aliphatic carbocycles. The highest BCUT2D eigenvalue weighted by atomic mass is 16.5. The van der Waals surface area contributed by atoms with Crippen molar-refractivity contribution in [3.8, 4) is 5.75 Å². The van der Waals surface area contributed by atoms with Crippen LogP contribution >= 0.6 is 0 Å². The number of carbonyl (C=O) groups is 1. The van der Waals surface area contributed by atoms with Gasteiger partial charge in [-0.1, -0.05) is 42.5 Å². The number of benzene rings is 2. The van der Waals surface area contributed by atoms with E-state index in [2.05, 4.69) is 10.3 Å². The van der Waals surface area contributed by atoms with Crippen LogP contribution in [-0.2, 0) is 4.79 Å². The summed E-state index contributed by atoms with van der Waals surface area (Å²) < 4.78 is 5.94. The van der Waals surface area contributed by atoms with Crippen LogP contribution in [0.15, 0.2) is 53.5 Å². The Hall–Kier alpha value is -2.66. The molecule has 1 fully saturated rings. The number of rotatable bonds is 3. The van der Waals surface area contributed by atoms with Gasteiger partial charge in [0.05, 0.1) is 17.5 Å². The molecule has 3 N–H and O–H groups in total. The first-order chi connectivity index (χ1) is 11.2. The number of nitrogens with one attached hydrogen (secondary N) is 1. The van der Waals surface area contributed by atoms with Crippen LogP contribution in [0.25, 0.3) is 0 Å². The number of carbonyl (C=O) groups excluding carboxylic acids is 1. The molecule has 2 aromatic carbocycles. The number of nitrogens with two attached hydrogens (primary N) is 1. The third kappa shape index (κ3) is 2.71. The SMILES string of the molecule is NC1N=C(c2ccccc2)c2cccc(OC3CC3)c2NC1=O. The van der Waals surface area contributed by atoms with Crippen molar-refractivity contribution in [3.63, 3.8) is 0 Å². The Morgan fingerprint density at radius 2 is 1.87 bits per heavy atom. The molecule has 5 heteroatoms. The van der Waals surface area contributed by atoms with E-state index in [0.717, 1.165) is 24.0 Å². The van der Waals surface area contributed by atoms with Gasteiger partial charge in [-0.25, -0.2) is 0 Å². The fourth-order valence-electron chi connectivity index (χ4n) is 2.61. The third-order valence-electron chi connectivity index (χ3n) is 3.93. The minimum Gasteiger partial charge on any atom is -0.488 e. The Bertz CT molecular complexity index is 782. The maximum absolute atomic E-state index is 12.2. The lowest BCUT2D eigenvalue weighted by Crippen LogP contribution is -2.33. The molecule has 0 saturated heterocycles. The number of nitrogens with zero attached hydrogens (tertiary/aromatic N) is 1. The van der Waals surface area contributed by atoms with Crippen molar-refractivity contribution in [2.24, 2.45) is 10.7 Å². The fraction of sp³-hybridized carbons (Fsp3) is 0.222. The zero-order valence-electron chi connectivity index (χ0n) is 12.5. The molecule has 5 nitrogen and oxygen atoms in total. The molecule has 1 aliphatic heterocycles. The van der Waals surface area contributed by atoms with Gasteiger partial charge in [-0.3, -0.25) is 9.79 Å². The van der Waals surface area contributed by atoms with Gasteiger partial charge >= 0.3 is 0 Å². The summed E-state index contributed by atoms with van der Waals surface area (Å²) in [5.41, 5.74) is 9.01. The summed E-state index contributed by atoms with van der Waals surface area (Å²) >= 11 is 0. The molecule has 0 radical (unpaired) electrons. The van der Waals surface area contributed by atoms with Crippen LogP contribution in [0.5, 0.6) is 5.75 Å². The van der Waals surface area contributed by atoms with Gasteiger partial charge in [0.15, 0.2) is 6.17 Å². The highest BCUT2D eigenvalue weighted by Gasteiger charge is 2.29. The normalized spacial score (nSPS) is 20.1. The first kappa shape index (κ1) is 14.0. The molecular formula is C18H17N3O2. The number of fused-ring (bicyclic) bond motifs is 1. The summed E-state index contributed by atoms with van der Waals surface area (Å²) in [5.74, 6) is 0.347. The fourth-order valence-corrected chi connectivity index (χ4v) is 2.61. The lowest BCUT2D eigenvalue weighted by Gasteiger charge is -2.15. The molecule has 1 unspecified atom stereocenters. The second-order valence-corrected chi connectivity index (χ2v) is 5.77. The van der Waals surface area contributed by atoms with E-state index < -0.39 is 6.17 Å². The number of anilines is 1. The van der Waals surface area contributed by atoms with Crippen LogP contribution in [0.1, 0.15) is 24.0 Å². The van der Waals surface area contributed by atoms with Crippen molar-refractivity contribution in [2.45, 2.75) is 25.1 Å². The van der Waals surface area contributed by atoms with Crippen molar-refractivity contribution in [2.75, 3.05) is 5.32 Å². The van der Waals surface area contributed by atoms with Crippen molar-refractivity contribution in [1.82, 2.24) is 0 Å². The minimum absolute atomic E-state index is 0.243. The Kier molecular flexibility index (Phi) is 3.35. The number of ether oxygens (including phenoxy) is 1. The maximum atomic E-state index is 12.2. The van der Waals surface area contributed by atoms with E-state index in [1.807, 2.05) is 48.5 Å². The predicted octanol–water partition coefficient (Wildman–Crippen LogP) is 2.30. The first-order valence-corrected chi connectivity index (χ1v) is 7.72. The zero-order chi connectivity index (χ0) is 15.8. The van der Waals surface area contributed by atoms with Gasteiger partial charge in [-0.15, -0.1) is 0 Å². The Morgan fingerprint density at radius 1 is 1.09 bits per heavy atom. The van der Waals surface area contributed by atoms with Gasteiger partial charge in [0.25, 0.3) is 5.91 Å². The average Bonchev–Trinajstić information content (AvgIpc) is 3.39. The van der Waals surface area contributed by atoms with E-state index in [0.29, 0.717) is 17.1 Å². The van der Waals surface area contributed by atoms with E-state index in [-0.39, 0.29) is 12.0 Å². The molecule has 4 rings (SSSR count). The topological polar surface area (TPSA) is 76.7 Å². The van der Waals surface area contributed by atoms with Crippen molar-refractivity contribution in [1.29, 1.82) is 0 Å². The Labute approximate surface area is 134 Å². The van der Waals surface area contributed by atoms with Crippen LogP contribution in [-0.4, -0.2) is 23.9 Å². The maximum Gasteiger partial charge on any atom is 0.263 e. The lowest BCUT2D eigenvalue weighted by atomic mass is 10.00. The van der Waals surface area contributed by atoms with Gasteiger partial charge in [0.2, 0.25) is 0 Å². The summed E-state index contributed by atoms with van der Waals surface area (Å²) in [6.45, 7) is 0. The molecule has 1 saturated carbocycles. The summed E-state index contributed by atoms with van der Waals surface area (Å²) in [7, 11) is 0. The van der Waals surface area contributed by atoms with E-state index in [4.69, 9.17) is 10.5 Å². The van der Waals surface area contributed by atoms with Crippen LogP contribution in [0.4, 0.5) is 5.69 Å². The standard InChI is InChI=1S/C18H17N3O2/c19-17-18(22)21-16-13(7-4-8-14(16)23-12-9-10-12)15(20-17)11-5-2-1-3-6-11/h1-8,12,17H,9-10,19H2,(H,21,22). The molecule has 23 heavy (non-hydrogen) atoms. The van der Waals surface area contributed by atoms with Crippen LogP contribution in [0, 0.1) is 0 Å². The van der Waals surface area contributed by atoms with Crippen molar-refractivity contribution >= 4 is 17.3 Å². The van der Waals surface area contributed by atoms with E-state index in [1.54, 1.807) is 0 Å². The van der Waals surface area contributed by atoms with Crippen LogP contribution in [0.2, 0.25) is 0 Å². The smallest absolute Gasteiger partial charge is 0.263 e. The first-order valence-electron chi connectivity index (χ1n) is 7.72. The minimum atomic E-state index is -0.939. The van der Waals surface area contributed by atoms with Gasteiger partial charge in [-0.05, 0) is 18.9 Å². The van der Waals surface area contributed by atoms with Gasteiger partial charge in [-0.2, -0.15) is 0 Å². The molecule has 2 aromatic rings. The largest absolute Gasteiger partial charge is 0.488 e. The van der Waals surface area contributed by atoms with Gasteiger partial charge in [0.1, 0.15) is 5.75 Å². The second kappa shape index (κ2) is 5.52. The lowest BCUT2D eigenvalue weighted by molar-refractivity contribution is -0.117. The van der Waals surface area contributed by atoms with Crippen LogP contribution < -0.4 is 15.8 Å². The number of benzodiazepines with no additional fused rings is 1. The summed E-state index contributed by atoms with van der Waals surface area (Å²) in [6.07, 6.45) is 1.41. The number of hydrogen-bond donors (Lipinski definition) is 2. The molecule has 1 amide bonds. The molecular weight excluding hydrogens is 290 g/mol. The van der Waals surface area contributed by atoms with E-state index >= 15 is 0 Å². The molecule has 116 valence electrons. The highest BCUT2D eigenvalue weighted by molar-refractivity contribution is 6.20. The highest BCUT2D eigenvalue weighted by Crippen LogP contribution is 2.36. The number of para-hydroxylation sites is 1. The number of aliphatic imine (C=N–C) groups is 1. The summed E-state index contributed by atoms with van der Waals surface area (Å²) in [5, 5.41) is 2.87.